The number of Topliss-reactive ketones (excluding diaryl/α,β-unsaturated/α-hetero) is 1. The summed E-state index contributed by atoms with van der Waals surface area (Å²) in [7, 11) is -2.71. The lowest BCUT2D eigenvalue weighted by molar-refractivity contribution is -0.148. The summed E-state index contributed by atoms with van der Waals surface area (Å²) >= 11 is 0. The summed E-state index contributed by atoms with van der Waals surface area (Å²) in [5.74, 6) is -2.91. The molecule has 0 aliphatic rings. The number of aliphatic carboxylic acids is 1. The summed E-state index contributed by atoms with van der Waals surface area (Å²) in [4.78, 5) is 28.5. The van der Waals surface area contributed by atoms with E-state index in [2.05, 4.69) is 0 Å². The van der Waals surface area contributed by atoms with Crippen molar-refractivity contribution in [3.05, 3.63) is 0 Å². The molecule has 0 fully saturated rings. The average molecular weight is 181 g/mol. The number of carbonyl (C=O) groups is 2. The van der Waals surface area contributed by atoms with Crippen molar-refractivity contribution in [1.29, 1.82) is 0 Å². The molecule has 0 aromatic rings. The van der Waals surface area contributed by atoms with E-state index in [-0.39, 0.29) is 7.43 Å². The monoisotopic (exact) mass is 181 g/mol. The van der Waals surface area contributed by atoms with E-state index in [1.54, 1.807) is 0 Å². The van der Waals surface area contributed by atoms with Gasteiger partial charge in [-0.15, -0.1) is 0 Å². The third-order valence-electron chi connectivity index (χ3n) is 0.922. The number of carbonyl (C=O) groups excluding carboxylic acids is 1. The van der Waals surface area contributed by atoms with Gasteiger partial charge in [0, 0.05) is 0 Å². The van der Waals surface area contributed by atoms with Crippen LogP contribution in [-0.4, -0.2) is 27.4 Å². The molecule has 0 saturated carbocycles. The third kappa shape index (κ3) is 3.80. The fourth-order valence-electron chi connectivity index (χ4n) is 0.279. The highest BCUT2D eigenvalue weighted by molar-refractivity contribution is 7.40. The van der Waals surface area contributed by atoms with E-state index < -0.39 is 25.4 Å². The van der Waals surface area contributed by atoms with Gasteiger partial charge >= 0.3 is 14.0 Å². The molecule has 0 bridgehead atoms. The van der Waals surface area contributed by atoms with Crippen LogP contribution in [0.1, 0.15) is 14.4 Å². The minimum Gasteiger partial charge on any atom is -0.475 e. The summed E-state index contributed by atoms with van der Waals surface area (Å²) in [5.41, 5.74) is -1.31. The molecule has 0 spiro atoms. The Morgan fingerprint density at radius 1 is 1.45 bits per heavy atom. The summed E-state index contributed by atoms with van der Waals surface area (Å²) in [5, 5.41) is 8.01. The zero-order chi connectivity index (χ0) is 8.31. The maximum Gasteiger partial charge on any atom is 0.517 e. The molecule has 6 heteroatoms. The molecule has 0 aliphatic heterocycles. The number of ketones is 1. The maximum absolute atomic E-state index is 10.3. The van der Waals surface area contributed by atoms with Gasteiger partial charge in [0.15, 0.2) is 0 Å². The van der Waals surface area contributed by atoms with Crippen LogP contribution in [0.3, 0.4) is 0 Å². The lowest BCUT2D eigenvalue weighted by atomic mass is 10.3. The largest absolute Gasteiger partial charge is 0.517 e. The van der Waals surface area contributed by atoms with Crippen molar-refractivity contribution in [2.75, 3.05) is 0 Å². The minimum absolute atomic E-state index is 0. The molecule has 0 aliphatic carbocycles. The standard InChI is InChI=1S/C4H5O5P.CH4/c1-2(10(8)9)3(5)4(6)7;/h2H,1H3,(H-,6,7,8,9);1H4/p+1. The summed E-state index contributed by atoms with van der Waals surface area (Å²) in [6, 6.07) is 0. The average Bonchev–Trinajstić information content (AvgIpc) is 1.84. The van der Waals surface area contributed by atoms with E-state index in [4.69, 9.17) is 10.00 Å². The summed E-state index contributed by atoms with van der Waals surface area (Å²) in [6.07, 6.45) is 0. The molecular weight excluding hydrogens is 171 g/mol. The molecule has 2 N–H and O–H groups in total. The molecule has 64 valence electrons. The first-order valence-corrected chi connectivity index (χ1v) is 3.67. The number of rotatable bonds is 3. The van der Waals surface area contributed by atoms with Gasteiger partial charge in [0.05, 0.1) is 0 Å². The molecule has 0 saturated heterocycles. The van der Waals surface area contributed by atoms with Crippen LogP contribution in [0.15, 0.2) is 0 Å². The maximum atomic E-state index is 10.3. The van der Waals surface area contributed by atoms with Crippen molar-refractivity contribution in [3.63, 3.8) is 0 Å². The van der Waals surface area contributed by atoms with Gasteiger partial charge in [-0.1, -0.05) is 7.43 Å². The first-order valence-electron chi connectivity index (χ1n) is 2.39. The van der Waals surface area contributed by atoms with Gasteiger partial charge in [-0.2, -0.15) is 4.89 Å². The first-order chi connectivity index (χ1) is 4.46. The van der Waals surface area contributed by atoms with E-state index in [1.165, 1.54) is 0 Å². The zero-order valence-electron chi connectivity index (χ0n) is 5.14. The number of carboxylic acid groups (broad SMARTS) is 1. The molecule has 0 rings (SSSR count). The highest BCUT2D eigenvalue weighted by Crippen LogP contribution is 2.21. The van der Waals surface area contributed by atoms with Gasteiger partial charge in [0.1, 0.15) is 0 Å². The van der Waals surface area contributed by atoms with Crippen LogP contribution < -0.4 is 0 Å². The van der Waals surface area contributed by atoms with Gasteiger partial charge in [-0.25, -0.2) is 4.79 Å². The Kier molecular flexibility index (Phi) is 5.76. The molecule has 0 heterocycles. The molecule has 0 radical (unpaired) electrons. The fourth-order valence-corrected chi connectivity index (χ4v) is 0.590. The highest BCUT2D eigenvalue weighted by atomic mass is 31.1. The molecular formula is C5H10O5P+. The number of carboxylic acids is 1. The van der Waals surface area contributed by atoms with E-state index in [0.717, 1.165) is 6.92 Å². The third-order valence-corrected chi connectivity index (χ3v) is 1.82. The lowest BCUT2D eigenvalue weighted by Crippen LogP contribution is -2.22. The van der Waals surface area contributed by atoms with Crippen LogP contribution in [0.25, 0.3) is 0 Å². The van der Waals surface area contributed by atoms with Crippen molar-refractivity contribution in [2.45, 2.75) is 20.0 Å². The Morgan fingerprint density at radius 2 is 1.82 bits per heavy atom. The molecule has 0 aromatic carbocycles. The minimum atomic E-state index is -2.71. The molecule has 5 nitrogen and oxygen atoms in total. The fraction of sp³-hybridized carbons (Fsp3) is 0.600. The second kappa shape index (κ2) is 4.93. The van der Waals surface area contributed by atoms with Crippen LogP contribution in [0.2, 0.25) is 0 Å². The zero-order valence-corrected chi connectivity index (χ0v) is 6.04. The smallest absolute Gasteiger partial charge is 0.475 e. The van der Waals surface area contributed by atoms with E-state index in [1.807, 2.05) is 0 Å². The quantitative estimate of drug-likeness (QED) is 0.485. The number of hydrogen-bond acceptors (Lipinski definition) is 3. The van der Waals surface area contributed by atoms with Crippen LogP contribution in [0.5, 0.6) is 0 Å². The van der Waals surface area contributed by atoms with Crippen molar-refractivity contribution in [2.24, 2.45) is 0 Å². The van der Waals surface area contributed by atoms with Crippen molar-refractivity contribution >= 4 is 19.8 Å². The van der Waals surface area contributed by atoms with Crippen molar-refractivity contribution in [1.82, 2.24) is 0 Å². The molecule has 2 atom stereocenters. The Balaban J connectivity index is 0. The van der Waals surface area contributed by atoms with E-state index in [9.17, 15) is 14.2 Å². The van der Waals surface area contributed by atoms with Gasteiger partial charge in [0.25, 0.3) is 11.4 Å². The predicted octanol–water partition coefficient (Wildman–Crippen LogP) is 0.399. The van der Waals surface area contributed by atoms with Gasteiger partial charge in [-0.3, -0.25) is 4.79 Å². The number of hydrogen-bond donors (Lipinski definition) is 2. The normalized spacial score (nSPS) is 12.7. The lowest BCUT2D eigenvalue weighted by Gasteiger charge is -1.88. The predicted molar refractivity (Wildman–Crippen MR) is 38.7 cm³/mol. The van der Waals surface area contributed by atoms with E-state index in [0.29, 0.717) is 0 Å². The van der Waals surface area contributed by atoms with Crippen LogP contribution in [0.4, 0.5) is 0 Å². The summed E-state index contributed by atoms with van der Waals surface area (Å²) < 4.78 is 10.1. The van der Waals surface area contributed by atoms with Crippen LogP contribution in [-0.2, 0) is 14.2 Å². The molecule has 11 heavy (non-hydrogen) atoms. The first kappa shape index (κ1) is 12.8. The molecule has 0 aromatic heterocycles. The van der Waals surface area contributed by atoms with E-state index >= 15 is 0 Å². The van der Waals surface area contributed by atoms with Gasteiger partial charge in [0.2, 0.25) is 0 Å². The second-order valence-corrected chi connectivity index (χ2v) is 3.03. The van der Waals surface area contributed by atoms with Crippen molar-refractivity contribution < 1.29 is 24.2 Å². The van der Waals surface area contributed by atoms with Crippen LogP contribution >= 0.6 is 8.03 Å². The van der Waals surface area contributed by atoms with Gasteiger partial charge in [-0.05, 0) is 11.5 Å². The second-order valence-electron chi connectivity index (χ2n) is 1.65. The summed E-state index contributed by atoms with van der Waals surface area (Å²) in [6.45, 7) is 1.09. The van der Waals surface area contributed by atoms with Crippen LogP contribution in [0, 0.1) is 0 Å². The topological polar surface area (TPSA) is 91.7 Å². The molecule has 2 unspecified atom stereocenters. The Labute approximate surface area is 64.9 Å². The Bertz CT molecular complexity index is 187. The Hall–Kier alpha value is -0.800. The SMILES string of the molecule is C.CC(C(=O)C(=O)O)[P+](=O)O. The Morgan fingerprint density at radius 3 is 1.91 bits per heavy atom. The highest BCUT2D eigenvalue weighted by Gasteiger charge is 2.35. The van der Waals surface area contributed by atoms with Crippen molar-refractivity contribution in [3.8, 4) is 0 Å². The molecule has 0 amide bonds. The van der Waals surface area contributed by atoms with Gasteiger partial charge < -0.3 is 5.11 Å².